The van der Waals surface area contributed by atoms with Crippen LogP contribution in [0, 0.1) is 11.6 Å². The van der Waals surface area contributed by atoms with Gasteiger partial charge in [-0.15, -0.1) is 0 Å². The molecule has 0 heterocycles. The van der Waals surface area contributed by atoms with Crippen molar-refractivity contribution in [2.45, 2.75) is 19.9 Å². The van der Waals surface area contributed by atoms with E-state index in [0.29, 0.717) is 27.7 Å². The van der Waals surface area contributed by atoms with Gasteiger partial charge in [-0.2, -0.15) is 0 Å². The van der Waals surface area contributed by atoms with E-state index in [1.54, 1.807) is 24.3 Å². The van der Waals surface area contributed by atoms with Crippen molar-refractivity contribution < 1.29 is 8.78 Å². The molecule has 2 rings (SSSR count). The summed E-state index contributed by atoms with van der Waals surface area (Å²) in [5.74, 6) is -0.809. The molecule has 0 saturated carbocycles. The van der Waals surface area contributed by atoms with Crippen LogP contribution in [0.25, 0.3) is 11.1 Å². The molecule has 0 aliphatic heterocycles. The van der Waals surface area contributed by atoms with E-state index in [2.05, 4.69) is 21.2 Å². The Morgan fingerprint density at radius 1 is 1.19 bits per heavy atom. The molecule has 0 fully saturated rings. The average molecular weight is 375 g/mol. The normalized spacial score (nSPS) is 10.9. The van der Waals surface area contributed by atoms with Crippen molar-refractivity contribution in [1.29, 1.82) is 0 Å². The lowest BCUT2D eigenvalue weighted by atomic mass is 10.0. The number of nitrogens with one attached hydrogen (secondary N) is 1. The molecule has 0 amide bonds. The molecule has 0 atom stereocenters. The first-order valence-electron chi connectivity index (χ1n) is 6.67. The Morgan fingerprint density at radius 2 is 1.95 bits per heavy atom. The molecule has 2 aromatic rings. The van der Waals surface area contributed by atoms with E-state index >= 15 is 0 Å². The highest BCUT2D eigenvalue weighted by Gasteiger charge is 2.13. The first kappa shape index (κ1) is 16.4. The predicted octanol–water partition coefficient (Wildman–Crippen LogP) is 5.55. The van der Waals surface area contributed by atoms with Crippen molar-refractivity contribution in [1.82, 2.24) is 5.32 Å². The highest BCUT2D eigenvalue weighted by Crippen LogP contribution is 2.33. The van der Waals surface area contributed by atoms with Crippen LogP contribution in [0.1, 0.15) is 18.9 Å². The van der Waals surface area contributed by atoms with E-state index < -0.39 is 5.82 Å². The summed E-state index contributed by atoms with van der Waals surface area (Å²) in [4.78, 5) is 0. The smallest absolute Gasteiger partial charge is 0.150 e. The third-order valence-electron chi connectivity index (χ3n) is 3.13. The van der Waals surface area contributed by atoms with Gasteiger partial charge in [0, 0.05) is 22.1 Å². The summed E-state index contributed by atoms with van der Waals surface area (Å²) in [6.45, 7) is 3.26. The first-order chi connectivity index (χ1) is 10.0. The van der Waals surface area contributed by atoms with E-state index in [9.17, 15) is 8.78 Å². The minimum absolute atomic E-state index is 0.0301. The zero-order valence-electron chi connectivity index (χ0n) is 11.5. The third-order valence-corrected chi connectivity index (χ3v) is 4.39. The van der Waals surface area contributed by atoms with Gasteiger partial charge in [0.1, 0.15) is 5.82 Å². The summed E-state index contributed by atoms with van der Waals surface area (Å²) in [5, 5.41) is 3.17. The van der Waals surface area contributed by atoms with Crippen molar-refractivity contribution in [2.75, 3.05) is 6.54 Å². The first-order valence-corrected chi connectivity index (χ1v) is 7.84. The van der Waals surface area contributed by atoms with Crippen molar-refractivity contribution >= 4 is 27.5 Å². The fraction of sp³-hybridized carbons (Fsp3) is 0.250. The number of halogens is 4. The fourth-order valence-electron chi connectivity index (χ4n) is 2.03. The van der Waals surface area contributed by atoms with Gasteiger partial charge in [0.2, 0.25) is 0 Å². The van der Waals surface area contributed by atoms with Crippen molar-refractivity contribution in [2.24, 2.45) is 0 Å². The third kappa shape index (κ3) is 3.82. The standard InChI is InChI=1S/C16H15BrClF2N/c1-2-7-21-9-11-8-10(3-6-14(11)19)12-4-5-13(17)15(18)16(12)20/h3-6,8,21H,2,7,9H2,1H3. The topological polar surface area (TPSA) is 12.0 Å². The van der Waals surface area contributed by atoms with Gasteiger partial charge in [-0.25, -0.2) is 8.78 Å². The molecule has 0 aliphatic carbocycles. The van der Waals surface area contributed by atoms with Gasteiger partial charge >= 0.3 is 0 Å². The Bertz CT molecular complexity index is 646. The molecule has 5 heteroatoms. The number of benzene rings is 2. The molecule has 0 saturated heterocycles. The van der Waals surface area contributed by atoms with E-state index in [1.165, 1.54) is 6.07 Å². The summed E-state index contributed by atoms with van der Waals surface area (Å²) >= 11 is 9.08. The van der Waals surface area contributed by atoms with Crippen LogP contribution >= 0.6 is 27.5 Å². The zero-order chi connectivity index (χ0) is 15.4. The Balaban J connectivity index is 2.37. The maximum atomic E-state index is 14.2. The quantitative estimate of drug-likeness (QED) is 0.534. The Labute approximate surface area is 136 Å². The van der Waals surface area contributed by atoms with Crippen LogP contribution in [0.4, 0.5) is 8.78 Å². The molecule has 0 spiro atoms. The summed E-state index contributed by atoms with van der Waals surface area (Å²) < 4.78 is 28.5. The van der Waals surface area contributed by atoms with Crippen molar-refractivity contribution in [3.8, 4) is 11.1 Å². The molecule has 112 valence electrons. The van der Waals surface area contributed by atoms with E-state index in [-0.39, 0.29) is 10.8 Å². The second-order valence-corrected chi connectivity index (χ2v) is 5.94. The van der Waals surface area contributed by atoms with Gasteiger partial charge in [-0.05, 0) is 52.7 Å². The minimum Gasteiger partial charge on any atom is -0.313 e. The molecule has 0 aliphatic rings. The molecule has 0 radical (unpaired) electrons. The van der Waals surface area contributed by atoms with Crippen LogP contribution in [0.5, 0.6) is 0 Å². The van der Waals surface area contributed by atoms with Gasteiger partial charge in [-0.1, -0.05) is 30.7 Å². The largest absolute Gasteiger partial charge is 0.313 e. The van der Waals surface area contributed by atoms with Crippen LogP contribution in [0.2, 0.25) is 5.02 Å². The van der Waals surface area contributed by atoms with Crippen LogP contribution in [-0.4, -0.2) is 6.54 Å². The van der Waals surface area contributed by atoms with Gasteiger partial charge in [0.15, 0.2) is 5.82 Å². The Hall–Kier alpha value is -0.970. The maximum absolute atomic E-state index is 14.2. The van der Waals surface area contributed by atoms with Crippen LogP contribution in [-0.2, 0) is 6.54 Å². The number of rotatable bonds is 5. The summed E-state index contributed by atoms with van der Waals surface area (Å²) in [6, 6.07) is 7.87. The predicted molar refractivity (Wildman–Crippen MR) is 86.5 cm³/mol. The van der Waals surface area contributed by atoms with Gasteiger partial charge in [0.25, 0.3) is 0 Å². The fourth-order valence-corrected chi connectivity index (χ4v) is 2.50. The Morgan fingerprint density at radius 3 is 2.67 bits per heavy atom. The number of hydrogen-bond acceptors (Lipinski definition) is 1. The van der Waals surface area contributed by atoms with Crippen LogP contribution < -0.4 is 5.32 Å². The van der Waals surface area contributed by atoms with E-state index in [4.69, 9.17) is 11.6 Å². The average Bonchev–Trinajstić information content (AvgIpc) is 2.47. The van der Waals surface area contributed by atoms with E-state index in [1.807, 2.05) is 6.92 Å². The molecule has 2 aromatic carbocycles. The lowest BCUT2D eigenvalue weighted by Gasteiger charge is -2.10. The molecular formula is C16H15BrClF2N. The minimum atomic E-state index is -0.509. The summed E-state index contributed by atoms with van der Waals surface area (Å²) in [5.41, 5.74) is 1.48. The van der Waals surface area contributed by atoms with Crippen molar-refractivity contribution in [3.05, 3.63) is 57.0 Å². The molecule has 1 N–H and O–H groups in total. The molecule has 1 nitrogen and oxygen atoms in total. The number of hydrogen-bond donors (Lipinski definition) is 1. The second kappa shape index (κ2) is 7.34. The van der Waals surface area contributed by atoms with Crippen LogP contribution in [0.3, 0.4) is 0 Å². The SMILES string of the molecule is CCCNCc1cc(-c2ccc(Br)c(Cl)c2F)ccc1F. The van der Waals surface area contributed by atoms with Gasteiger partial charge in [0.05, 0.1) is 5.02 Å². The molecule has 0 aromatic heterocycles. The monoisotopic (exact) mass is 373 g/mol. The lowest BCUT2D eigenvalue weighted by molar-refractivity contribution is 0.586. The highest BCUT2D eigenvalue weighted by atomic mass is 79.9. The van der Waals surface area contributed by atoms with Crippen LogP contribution in [0.15, 0.2) is 34.8 Å². The van der Waals surface area contributed by atoms with Gasteiger partial charge in [-0.3, -0.25) is 0 Å². The molecular weight excluding hydrogens is 360 g/mol. The maximum Gasteiger partial charge on any atom is 0.150 e. The second-order valence-electron chi connectivity index (χ2n) is 4.71. The lowest BCUT2D eigenvalue weighted by Crippen LogP contribution is -2.14. The molecule has 21 heavy (non-hydrogen) atoms. The zero-order valence-corrected chi connectivity index (χ0v) is 13.9. The Kier molecular flexibility index (Phi) is 5.73. The van der Waals surface area contributed by atoms with E-state index in [0.717, 1.165) is 13.0 Å². The molecule has 0 bridgehead atoms. The van der Waals surface area contributed by atoms with Gasteiger partial charge < -0.3 is 5.32 Å². The van der Waals surface area contributed by atoms with Crippen molar-refractivity contribution in [3.63, 3.8) is 0 Å². The molecule has 0 unspecified atom stereocenters. The summed E-state index contributed by atoms with van der Waals surface area (Å²) in [6.07, 6.45) is 0.970. The summed E-state index contributed by atoms with van der Waals surface area (Å²) in [7, 11) is 0. The highest BCUT2D eigenvalue weighted by molar-refractivity contribution is 9.10.